The van der Waals surface area contributed by atoms with Gasteiger partial charge >= 0.3 is 0 Å². The van der Waals surface area contributed by atoms with E-state index in [0.717, 1.165) is 23.4 Å². The van der Waals surface area contributed by atoms with E-state index < -0.39 is 11.6 Å². The number of nitrogens with zero attached hydrogens (tertiary/aromatic N) is 2. The molecule has 0 spiro atoms. The molecule has 0 aliphatic rings. The fourth-order valence-corrected chi connectivity index (χ4v) is 2.71. The van der Waals surface area contributed by atoms with Gasteiger partial charge in [0.2, 0.25) is 0 Å². The number of aromatic nitrogens is 2. The minimum Gasteiger partial charge on any atom is -0.328 e. The Morgan fingerprint density at radius 3 is 2.24 bits per heavy atom. The van der Waals surface area contributed by atoms with Crippen molar-refractivity contribution in [1.82, 2.24) is 9.78 Å². The quantitative estimate of drug-likeness (QED) is 0.940. The van der Waals surface area contributed by atoms with E-state index in [1.165, 1.54) is 16.8 Å². The average Bonchev–Trinajstić information content (AvgIpc) is 2.62. The zero-order chi connectivity index (χ0) is 15.7. The third kappa shape index (κ3) is 2.97. The molecule has 2 rings (SSSR count). The molecule has 0 saturated heterocycles. The van der Waals surface area contributed by atoms with Crippen molar-refractivity contribution in [2.75, 3.05) is 0 Å². The third-order valence-corrected chi connectivity index (χ3v) is 3.64. The summed E-state index contributed by atoms with van der Waals surface area (Å²) in [6, 6.07) is 2.53. The van der Waals surface area contributed by atoms with Gasteiger partial charge in [0.25, 0.3) is 0 Å². The van der Waals surface area contributed by atoms with E-state index >= 15 is 0 Å². The van der Waals surface area contributed by atoms with Crippen LogP contribution >= 0.6 is 0 Å². The molecule has 2 N–H and O–H groups in total. The Labute approximate surface area is 123 Å². The predicted octanol–water partition coefficient (Wildman–Crippen LogP) is 3.22. The maximum atomic E-state index is 14.3. The van der Waals surface area contributed by atoms with Crippen LogP contribution in [0.2, 0.25) is 0 Å². The van der Waals surface area contributed by atoms with E-state index in [4.69, 9.17) is 5.73 Å². The third-order valence-electron chi connectivity index (χ3n) is 3.64. The van der Waals surface area contributed by atoms with Gasteiger partial charge in [-0.3, -0.25) is 0 Å². The van der Waals surface area contributed by atoms with Gasteiger partial charge in [0.15, 0.2) is 11.6 Å². The predicted molar refractivity (Wildman–Crippen MR) is 79.7 cm³/mol. The maximum absolute atomic E-state index is 14.3. The molecule has 0 aliphatic heterocycles. The van der Waals surface area contributed by atoms with Crippen molar-refractivity contribution in [2.45, 2.75) is 46.6 Å². The molecule has 1 atom stereocenters. The number of aryl methyl sites for hydroxylation is 1. The molecule has 3 nitrogen and oxygen atoms in total. The van der Waals surface area contributed by atoms with Crippen LogP contribution in [-0.2, 0) is 12.8 Å². The second kappa shape index (κ2) is 5.93. The summed E-state index contributed by atoms with van der Waals surface area (Å²) in [4.78, 5) is 0. The first-order chi connectivity index (χ1) is 9.85. The van der Waals surface area contributed by atoms with Gasteiger partial charge in [-0.05, 0) is 56.9 Å². The molecular formula is C16H21F2N3. The van der Waals surface area contributed by atoms with Gasteiger partial charge < -0.3 is 5.73 Å². The molecule has 0 amide bonds. The minimum absolute atomic E-state index is 0.122. The highest BCUT2D eigenvalue weighted by molar-refractivity contribution is 5.41. The molecule has 114 valence electrons. The molecule has 21 heavy (non-hydrogen) atoms. The standard InChI is InChI=1S/C16H21F2N3/c1-5-13-10(3)20-21(11(13)4)16-14(17)7-12(6-9(2)19)8-15(16)18/h7-9H,5-6,19H2,1-4H3. The highest BCUT2D eigenvalue weighted by Gasteiger charge is 2.19. The molecule has 0 bridgehead atoms. The lowest BCUT2D eigenvalue weighted by atomic mass is 10.1. The molecule has 1 aromatic heterocycles. The molecule has 0 radical (unpaired) electrons. The van der Waals surface area contributed by atoms with Crippen molar-refractivity contribution in [3.8, 4) is 5.69 Å². The lowest BCUT2D eigenvalue weighted by Gasteiger charge is -2.11. The van der Waals surface area contributed by atoms with E-state index in [1.54, 1.807) is 6.92 Å². The first-order valence-electron chi connectivity index (χ1n) is 7.14. The van der Waals surface area contributed by atoms with Gasteiger partial charge in [-0.1, -0.05) is 6.92 Å². The monoisotopic (exact) mass is 293 g/mol. The molecule has 1 aromatic carbocycles. The first-order valence-corrected chi connectivity index (χ1v) is 7.14. The number of rotatable bonds is 4. The first kappa shape index (κ1) is 15.6. The van der Waals surface area contributed by atoms with Gasteiger partial charge in [-0.15, -0.1) is 0 Å². The van der Waals surface area contributed by atoms with E-state index in [0.29, 0.717) is 12.0 Å². The van der Waals surface area contributed by atoms with Gasteiger partial charge in [-0.2, -0.15) is 5.10 Å². The Hall–Kier alpha value is -1.75. The Balaban J connectivity index is 2.55. The molecule has 0 fully saturated rings. The summed E-state index contributed by atoms with van der Waals surface area (Å²) in [6.07, 6.45) is 1.22. The second-order valence-corrected chi connectivity index (χ2v) is 5.50. The summed E-state index contributed by atoms with van der Waals surface area (Å²) in [5, 5.41) is 4.28. The van der Waals surface area contributed by atoms with Crippen molar-refractivity contribution < 1.29 is 8.78 Å². The van der Waals surface area contributed by atoms with Crippen molar-refractivity contribution >= 4 is 0 Å². The molecule has 1 heterocycles. The fraction of sp³-hybridized carbons (Fsp3) is 0.438. The SMILES string of the molecule is CCc1c(C)nn(-c2c(F)cc(CC(C)N)cc2F)c1C. The van der Waals surface area contributed by atoms with Crippen LogP contribution in [0.1, 0.15) is 36.4 Å². The van der Waals surface area contributed by atoms with Gasteiger partial charge in [0, 0.05) is 11.7 Å². The lowest BCUT2D eigenvalue weighted by molar-refractivity contribution is 0.552. The van der Waals surface area contributed by atoms with E-state index in [2.05, 4.69) is 5.10 Å². The van der Waals surface area contributed by atoms with Gasteiger partial charge in [0.05, 0.1) is 5.69 Å². The number of hydrogen-bond acceptors (Lipinski definition) is 2. The van der Waals surface area contributed by atoms with E-state index in [-0.39, 0.29) is 11.7 Å². The van der Waals surface area contributed by atoms with Crippen molar-refractivity contribution in [2.24, 2.45) is 5.73 Å². The van der Waals surface area contributed by atoms with Crippen LogP contribution in [0.3, 0.4) is 0 Å². The summed E-state index contributed by atoms with van der Waals surface area (Å²) in [5.74, 6) is -1.22. The number of benzene rings is 1. The van der Waals surface area contributed by atoms with Crippen LogP contribution in [0.5, 0.6) is 0 Å². The van der Waals surface area contributed by atoms with Gasteiger partial charge in [-0.25, -0.2) is 13.5 Å². The molecule has 2 aromatic rings. The molecule has 5 heteroatoms. The Morgan fingerprint density at radius 1 is 1.24 bits per heavy atom. The van der Waals surface area contributed by atoms with E-state index in [1.807, 2.05) is 20.8 Å². The van der Waals surface area contributed by atoms with Crippen LogP contribution in [0.4, 0.5) is 8.78 Å². The Kier molecular flexibility index (Phi) is 4.42. The number of nitrogens with two attached hydrogens (primary N) is 1. The zero-order valence-electron chi connectivity index (χ0n) is 12.9. The smallest absolute Gasteiger partial charge is 0.152 e. The summed E-state index contributed by atoms with van der Waals surface area (Å²) < 4.78 is 30.0. The highest BCUT2D eigenvalue weighted by Crippen LogP contribution is 2.24. The van der Waals surface area contributed by atoms with Crippen molar-refractivity contribution in [3.63, 3.8) is 0 Å². The maximum Gasteiger partial charge on any atom is 0.152 e. The second-order valence-electron chi connectivity index (χ2n) is 5.50. The topological polar surface area (TPSA) is 43.8 Å². The van der Waals surface area contributed by atoms with Crippen LogP contribution in [-0.4, -0.2) is 15.8 Å². The molecule has 0 saturated carbocycles. The summed E-state index contributed by atoms with van der Waals surface area (Å²) in [6.45, 7) is 7.48. The average molecular weight is 293 g/mol. The van der Waals surface area contributed by atoms with Crippen LogP contribution in [0, 0.1) is 25.5 Å². The summed E-state index contributed by atoms with van der Waals surface area (Å²) in [7, 11) is 0. The minimum atomic E-state index is -0.612. The summed E-state index contributed by atoms with van der Waals surface area (Å²) >= 11 is 0. The Bertz CT molecular complexity index is 637. The van der Waals surface area contributed by atoms with Gasteiger partial charge in [0.1, 0.15) is 5.69 Å². The van der Waals surface area contributed by atoms with Crippen LogP contribution in [0.15, 0.2) is 12.1 Å². The molecule has 1 unspecified atom stereocenters. The largest absolute Gasteiger partial charge is 0.328 e. The number of hydrogen-bond donors (Lipinski definition) is 1. The molecule has 0 aliphatic carbocycles. The Morgan fingerprint density at radius 2 is 1.81 bits per heavy atom. The fourth-order valence-electron chi connectivity index (χ4n) is 2.71. The zero-order valence-corrected chi connectivity index (χ0v) is 12.9. The van der Waals surface area contributed by atoms with Crippen molar-refractivity contribution in [1.29, 1.82) is 0 Å². The normalized spacial score (nSPS) is 12.7. The van der Waals surface area contributed by atoms with Crippen molar-refractivity contribution in [3.05, 3.63) is 46.3 Å². The number of halogens is 2. The highest BCUT2D eigenvalue weighted by atomic mass is 19.1. The summed E-state index contributed by atoms with van der Waals surface area (Å²) in [5.41, 5.74) is 8.70. The lowest BCUT2D eigenvalue weighted by Crippen LogP contribution is -2.18. The van der Waals surface area contributed by atoms with Crippen LogP contribution < -0.4 is 5.73 Å². The molecular weight excluding hydrogens is 272 g/mol. The van der Waals surface area contributed by atoms with Crippen LogP contribution in [0.25, 0.3) is 5.69 Å². The van der Waals surface area contributed by atoms with E-state index in [9.17, 15) is 8.78 Å².